The molecule has 9 heteroatoms. The topological polar surface area (TPSA) is 93.6 Å². The van der Waals surface area contributed by atoms with Crippen LogP contribution in [-0.4, -0.2) is 58.2 Å². The first kappa shape index (κ1) is 26.6. The zero-order valence-corrected chi connectivity index (χ0v) is 23.2. The van der Waals surface area contributed by atoms with E-state index in [1.807, 2.05) is 27.8 Å². The zero-order valence-electron chi connectivity index (χ0n) is 22.4. The molecule has 2 aromatic heterocycles. The first-order chi connectivity index (χ1) is 17.0. The summed E-state index contributed by atoms with van der Waals surface area (Å²) >= 11 is 1.70. The standard InChI is InChI=1S/C27H40N4O4S/c1-16(2)14-28-21(32)13-17-7-12-20-22(17)23-24(29-15-30-25(23)36-20)34-19-10-8-18(9-11-19)31(6)26(33)35-27(3,4)5/h15-19H,7-14H2,1-6H3,(H,28,32)/t17-,18?,19?/m1/s1. The zero-order chi connectivity index (χ0) is 26.0. The van der Waals surface area contributed by atoms with Crippen molar-refractivity contribution in [3.63, 3.8) is 0 Å². The van der Waals surface area contributed by atoms with Crippen LogP contribution < -0.4 is 10.1 Å². The highest BCUT2D eigenvalue weighted by Gasteiger charge is 2.34. The number of nitrogens with one attached hydrogen (secondary N) is 1. The minimum Gasteiger partial charge on any atom is -0.474 e. The quantitative estimate of drug-likeness (QED) is 0.527. The van der Waals surface area contributed by atoms with E-state index < -0.39 is 5.60 Å². The predicted molar refractivity (Wildman–Crippen MR) is 142 cm³/mol. The molecule has 198 valence electrons. The molecule has 0 saturated heterocycles. The Bertz CT molecular complexity index is 1090. The monoisotopic (exact) mass is 516 g/mol. The Morgan fingerprint density at radius 1 is 1.17 bits per heavy atom. The lowest BCUT2D eigenvalue weighted by atomic mass is 9.92. The van der Waals surface area contributed by atoms with Gasteiger partial charge in [0.05, 0.1) is 5.39 Å². The van der Waals surface area contributed by atoms with Crippen LogP contribution in [0.5, 0.6) is 5.88 Å². The number of aromatic nitrogens is 2. The third-order valence-corrected chi connectivity index (χ3v) is 8.16. The smallest absolute Gasteiger partial charge is 0.410 e. The summed E-state index contributed by atoms with van der Waals surface area (Å²) in [7, 11) is 1.82. The summed E-state index contributed by atoms with van der Waals surface area (Å²) in [6.07, 6.45) is 7.18. The summed E-state index contributed by atoms with van der Waals surface area (Å²) < 4.78 is 12.0. The van der Waals surface area contributed by atoms with Gasteiger partial charge in [0.2, 0.25) is 11.8 Å². The van der Waals surface area contributed by atoms with Crippen LogP contribution in [0.25, 0.3) is 10.2 Å². The summed E-state index contributed by atoms with van der Waals surface area (Å²) in [6, 6.07) is 0.143. The highest BCUT2D eigenvalue weighted by Crippen LogP contribution is 2.47. The van der Waals surface area contributed by atoms with Gasteiger partial charge in [-0.2, -0.15) is 0 Å². The van der Waals surface area contributed by atoms with Gasteiger partial charge >= 0.3 is 6.09 Å². The molecule has 2 heterocycles. The van der Waals surface area contributed by atoms with Crippen molar-refractivity contribution in [2.45, 2.75) is 103 Å². The van der Waals surface area contributed by atoms with Crippen LogP contribution in [0.1, 0.15) is 89.5 Å². The molecular weight excluding hydrogens is 476 g/mol. The van der Waals surface area contributed by atoms with Crippen LogP contribution in [0, 0.1) is 5.92 Å². The molecule has 2 aliphatic carbocycles. The third-order valence-electron chi connectivity index (χ3n) is 6.99. The maximum Gasteiger partial charge on any atom is 0.410 e. The van der Waals surface area contributed by atoms with Gasteiger partial charge in [0.15, 0.2) is 0 Å². The van der Waals surface area contributed by atoms with Crippen molar-refractivity contribution in [1.29, 1.82) is 0 Å². The van der Waals surface area contributed by atoms with E-state index in [-0.39, 0.29) is 30.1 Å². The van der Waals surface area contributed by atoms with E-state index in [4.69, 9.17) is 9.47 Å². The minimum absolute atomic E-state index is 0.0381. The largest absolute Gasteiger partial charge is 0.474 e. The molecule has 1 N–H and O–H groups in total. The number of carbonyl (C=O) groups excluding carboxylic acids is 2. The molecule has 2 aliphatic rings. The molecule has 2 amide bonds. The molecule has 8 nitrogen and oxygen atoms in total. The number of hydrogen-bond donors (Lipinski definition) is 1. The number of nitrogens with zero attached hydrogens (tertiary/aromatic N) is 3. The number of hydrogen-bond acceptors (Lipinski definition) is 7. The second-order valence-electron chi connectivity index (χ2n) is 11.6. The Hall–Kier alpha value is -2.42. The number of aryl methyl sites for hydroxylation is 1. The van der Waals surface area contributed by atoms with Crippen molar-refractivity contribution in [2.24, 2.45) is 5.92 Å². The summed E-state index contributed by atoms with van der Waals surface area (Å²) in [4.78, 5) is 38.1. The molecule has 1 fully saturated rings. The first-order valence-electron chi connectivity index (χ1n) is 13.2. The fraction of sp³-hybridized carbons (Fsp3) is 0.704. The van der Waals surface area contributed by atoms with Gasteiger partial charge in [-0.05, 0) is 76.7 Å². The summed E-state index contributed by atoms with van der Waals surface area (Å²) in [5.74, 6) is 1.35. The first-order valence-corrected chi connectivity index (χ1v) is 14.0. The highest BCUT2D eigenvalue weighted by molar-refractivity contribution is 7.19. The Labute approximate surface area is 218 Å². The summed E-state index contributed by atoms with van der Waals surface area (Å²) in [5.41, 5.74) is 0.710. The van der Waals surface area contributed by atoms with Gasteiger partial charge in [-0.25, -0.2) is 14.8 Å². The van der Waals surface area contributed by atoms with Crippen LogP contribution in [0.15, 0.2) is 6.33 Å². The maximum absolute atomic E-state index is 12.6. The number of thiophene rings is 1. The number of rotatable bonds is 7. The fourth-order valence-electron chi connectivity index (χ4n) is 5.14. The summed E-state index contributed by atoms with van der Waals surface area (Å²) in [6.45, 7) is 10.6. The number of ether oxygens (including phenoxy) is 2. The van der Waals surface area contributed by atoms with Gasteiger partial charge in [-0.3, -0.25) is 4.79 Å². The molecule has 0 unspecified atom stereocenters. The van der Waals surface area contributed by atoms with Crippen LogP contribution >= 0.6 is 11.3 Å². The van der Waals surface area contributed by atoms with Crippen molar-refractivity contribution >= 4 is 33.6 Å². The molecule has 1 saturated carbocycles. The van der Waals surface area contributed by atoms with Crippen LogP contribution in [0.3, 0.4) is 0 Å². The van der Waals surface area contributed by atoms with Gasteiger partial charge in [0.1, 0.15) is 22.9 Å². The van der Waals surface area contributed by atoms with E-state index >= 15 is 0 Å². The van der Waals surface area contributed by atoms with Crippen LogP contribution in [0.2, 0.25) is 0 Å². The molecule has 0 aliphatic heterocycles. The van der Waals surface area contributed by atoms with Crippen LogP contribution in [-0.2, 0) is 16.0 Å². The Balaban J connectivity index is 1.42. The average molecular weight is 517 g/mol. The van der Waals surface area contributed by atoms with E-state index in [9.17, 15) is 9.59 Å². The van der Waals surface area contributed by atoms with Gasteiger partial charge < -0.3 is 19.7 Å². The molecular formula is C27H40N4O4S. The second-order valence-corrected chi connectivity index (χ2v) is 12.7. The van der Waals surface area contributed by atoms with E-state index in [2.05, 4.69) is 29.1 Å². The average Bonchev–Trinajstić information content (AvgIpc) is 3.36. The van der Waals surface area contributed by atoms with E-state index in [0.717, 1.165) is 48.7 Å². The minimum atomic E-state index is -0.502. The highest BCUT2D eigenvalue weighted by atomic mass is 32.1. The molecule has 0 spiro atoms. The summed E-state index contributed by atoms with van der Waals surface area (Å²) in [5, 5.41) is 4.05. The van der Waals surface area contributed by atoms with Crippen molar-refractivity contribution < 1.29 is 19.1 Å². The van der Waals surface area contributed by atoms with Gasteiger partial charge in [-0.1, -0.05) is 13.8 Å². The Morgan fingerprint density at radius 3 is 2.56 bits per heavy atom. The Morgan fingerprint density at radius 2 is 1.89 bits per heavy atom. The molecule has 0 aromatic carbocycles. The van der Waals surface area contributed by atoms with Gasteiger partial charge in [0, 0.05) is 30.9 Å². The lowest BCUT2D eigenvalue weighted by Crippen LogP contribution is -2.43. The SMILES string of the molecule is CC(C)CNC(=O)C[C@H]1CCc2sc3ncnc(OC4CCC(N(C)C(=O)OC(C)(C)C)CC4)c3c21. The maximum atomic E-state index is 12.6. The van der Waals surface area contributed by atoms with Crippen molar-refractivity contribution in [3.8, 4) is 5.88 Å². The molecule has 0 bridgehead atoms. The third kappa shape index (κ3) is 6.28. The molecule has 0 radical (unpaired) electrons. The second kappa shape index (κ2) is 10.9. The fourth-order valence-corrected chi connectivity index (χ4v) is 6.37. The normalized spacial score (nSPS) is 21.9. The van der Waals surface area contributed by atoms with Crippen molar-refractivity contribution in [2.75, 3.05) is 13.6 Å². The lowest BCUT2D eigenvalue weighted by Gasteiger charge is -2.35. The Kier molecular flexibility index (Phi) is 8.07. The molecule has 36 heavy (non-hydrogen) atoms. The van der Waals surface area contributed by atoms with Gasteiger partial charge in [-0.15, -0.1) is 11.3 Å². The van der Waals surface area contributed by atoms with Crippen LogP contribution in [0.4, 0.5) is 4.79 Å². The van der Waals surface area contributed by atoms with E-state index in [1.165, 1.54) is 10.4 Å². The van der Waals surface area contributed by atoms with Gasteiger partial charge in [0.25, 0.3) is 0 Å². The predicted octanol–water partition coefficient (Wildman–Crippen LogP) is 5.44. The number of carbonyl (C=O) groups is 2. The number of fused-ring (bicyclic) bond motifs is 3. The number of amides is 2. The molecule has 4 rings (SSSR count). The molecule has 1 atom stereocenters. The van der Waals surface area contributed by atoms with E-state index in [1.54, 1.807) is 22.6 Å². The molecule has 2 aromatic rings. The van der Waals surface area contributed by atoms with Crippen molar-refractivity contribution in [1.82, 2.24) is 20.2 Å². The van der Waals surface area contributed by atoms with Crippen molar-refractivity contribution in [3.05, 3.63) is 16.8 Å². The lowest BCUT2D eigenvalue weighted by molar-refractivity contribution is -0.121. The van der Waals surface area contributed by atoms with E-state index in [0.29, 0.717) is 24.8 Å².